The number of nitrogens with one attached hydrogen (secondary N) is 2. The third kappa shape index (κ3) is 9.64. The molecule has 14 nitrogen and oxygen atoms in total. The number of aliphatic hydroxyl groups is 1. The minimum absolute atomic E-state index is 0.0112. The van der Waals surface area contributed by atoms with Crippen LogP contribution >= 0.6 is 11.3 Å². The van der Waals surface area contributed by atoms with Gasteiger partial charge in [-0.2, -0.15) is 0 Å². The average molecular weight is 829 g/mol. The molecule has 0 bridgehead atoms. The normalized spacial score (nSPS) is 24.1. The number of hydrogen-bond donors (Lipinski definition) is 4. The second-order valence-electron chi connectivity index (χ2n) is 17.8. The molecular formula is C44H60N8O6S. The van der Waals surface area contributed by atoms with Crippen LogP contribution in [0.4, 0.5) is 0 Å². The van der Waals surface area contributed by atoms with Gasteiger partial charge in [0.05, 0.1) is 40.9 Å². The van der Waals surface area contributed by atoms with Crippen LogP contribution in [0.25, 0.3) is 10.4 Å². The number of thiazole rings is 1. The molecule has 5 N–H and O–H groups in total. The fraction of sp³-hybridized carbons (Fsp3) is 0.591. The van der Waals surface area contributed by atoms with Gasteiger partial charge in [0.15, 0.2) is 0 Å². The molecule has 6 heterocycles. The number of aliphatic hydroxyl groups excluding tert-OH is 1. The Balaban J connectivity index is 0.863. The first-order chi connectivity index (χ1) is 28.3. The maximum absolute atomic E-state index is 14.1. The summed E-state index contributed by atoms with van der Waals surface area (Å²) in [5.74, 6) is 0.303. The molecule has 6 atom stereocenters. The number of carbonyl (C=O) groups is 4. The highest BCUT2D eigenvalue weighted by Gasteiger charge is 2.47. The SMILES string of the molecule is Cc1ncsc1-c1ccc(CNC(=O)[C@@H]2C[C@@H](O)CN2C(=O)[C@@H](NCCCCOc2ccncc2C2CN(C(=O)[C@@H]3CC[C@@H]4CCC[C@H](N)C(=O)N43)C2)C(C)(C)C)cc1. The number of unbranched alkanes of at least 4 members (excludes halogenated alkanes) is 1. The van der Waals surface area contributed by atoms with Crippen LogP contribution in [0.3, 0.4) is 0 Å². The predicted molar refractivity (Wildman–Crippen MR) is 225 cm³/mol. The lowest BCUT2D eigenvalue weighted by Crippen LogP contribution is -2.58. The number of benzene rings is 1. The first kappa shape index (κ1) is 42.7. The van der Waals surface area contributed by atoms with Gasteiger partial charge < -0.3 is 40.9 Å². The molecule has 1 aromatic carbocycles. The van der Waals surface area contributed by atoms with Crippen molar-refractivity contribution in [2.45, 2.75) is 128 Å². The molecule has 318 valence electrons. The van der Waals surface area contributed by atoms with Gasteiger partial charge in [-0.3, -0.25) is 24.2 Å². The second kappa shape index (κ2) is 18.4. The largest absolute Gasteiger partial charge is 0.493 e. The fourth-order valence-corrected chi connectivity index (χ4v) is 9.89. The number of fused-ring (bicyclic) bond motifs is 1. The maximum atomic E-state index is 14.1. The Morgan fingerprint density at radius 2 is 1.81 bits per heavy atom. The highest BCUT2D eigenvalue weighted by atomic mass is 32.1. The lowest BCUT2D eigenvalue weighted by atomic mass is 9.85. The second-order valence-corrected chi connectivity index (χ2v) is 18.6. The first-order valence-electron chi connectivity index (χ1n) is 21.2. The van der Waals surface area contributed by atoms with E-state index in [4.69, 9.17) is 10.5 Å². The number of nitrogens with two attached hydrogens (primary N) is 1. The Kier molecular flexibility index (Phi) is 13.3. The van der Waals surface area contributed by atoms with E-state index in [1.807, 2.05) is 74.6 Å². The number of nitrogens with zero attached hydrogens (tertiary/aromatic N) is 5. The van der Waals surface area contributed by atoms with Gasteiger partial charge in [-0.1, -0.05) is 45.0 Å². The van der Waals surface area contributed by atoms with E-state index in [0.717, 1.165) is 65.1 Å². The third-order valence-electron chi connectivity index (χ3n) is 12.4. The summed E-state index contributed by atoms with van der Waals surface area (Å²) in [6.45, 7) is 10.6. The van der Waals surface area contributed by atoms with Crippen LogP contribution < -0.4 is 21.1 Å². The summed E-state index contributed by atoms with van der Waals surface area (Å²) < 4.78 is 6.25. The molecule has 59 heavy (non-hydrogen) atoms. The Labute approximate surface area is 351 Å². The number of carbonyl (C=O) groups excluding carboxylic acids is 4. The molecular weight excluding hydrogens is 769 g/mol. The number of likely N-dealkylation sites (tertiary alicyclic amines) is 2. The van der Waals surface area contributed by atoms with E-state index in [9.17, 15) is 24.3 Å². The van der Waals surface area contributed by atoms with Crippen molar-refractivity contribution >= 4 is 35.0 Å². The van der Waals surface area contributed by atoms with Crippen LogP contribution in [0.2, 0.25) is 0 Å². The van der Waals surface area contributed by atoms with Crippen molar-refractivity contribution in [3.05, 3.63) is 65.1 Å². The molecule has 15 heteroatoms. The molecule has 4 saturated heterocycles. The third-order valence-corrected chi connectivity index (χ3v) is 13.4. The highest BCUT2D eigenvalue weighted by Crippen LogP contribution is 2.37. The van der Waals surface area contributed by atoms with E-state index in [1.54, 1.807) is 22.4 Å². The van der Waals surface area contributed by atoms with Crippen LogP contribution in [-0.2, 0) is 25.7 Å². The molecule has 4 amide bonds. The average Bonchev–Trinajstić information content (AvgIpc) is 3.91. The van der Waals surface area contributed by atoms with E-state index in [2.05, 4.69) is 20.6 Å². The van der Waals surface area contributed by atoms with Crippen molar-refractivity contribution in [2.24, 2.45) is 11.1 Å². The van der Waals surface area contributed by atoms with E-state index in [0.29, 0.717) is 45.6 Å². The molecule has 0 unspecified atom stereocenters. The van der Waals surface area contributed by atoms with Crippen molar-refractivity contribution in [1.82, 2.24) is 35.3 Å². The van der Waals surface area contributed by atoms with Crippen molar-refractivity contribution in [3.8, 4) is 16.2 Å². The number of aromatic nitrogens is 2. The minimum atomic E-state index is -0.777. The summed E-state index contributed by atoms with van der Waals surface area (Å²) >= 11 is 1.59. The first-order valence-corrected chi connectivity index (χ1v) is 22.1. The predicted octanol–water partition coefficient (Wildman–Crippen LogP) is 3.75. The molecule has 0 aliphatic carbocycles. The van der Waals surface area contributed by atoms with Crippen molar-refractivity contribution < 1.29 is 29.0 Å². The van der Waals surface area contributed by atoms with E-state index in [1.165, 1.54) is 4.90 Å². The minimum Gasteiger partial charge on any atom is -0.493 e. The number of hydrogen-bond acceptors (Lipinski definition) is 11. The summed E-state index contributed by atoms with van der Waals surface area (Å²) in [5.41, 5.74) is 11.5. The highest BCUT2D eigenvalue weighted by molar-refractivity contribution is 7.13. The molecule has 4 aliphatic rings. The summed E-state index contributed by atoms with van der Waals surface area (Å²) in [6, 6.07) is 7.72. The lowest BCUT2D eigenvalue weighted by molar-refractivity contribution is -0.148. The van der Waals surface area contributed by atoms with Gasteiger partial charge in [0.25, 0.3) is 0 Å². The lowest BCUT2D eigenvalue weighted by Gasteiger charge is -2.42. The van der Waals surface area contributed by atoms with Crippen LogP contribution in [0.5, 0.6) is 5.75 Å². The number of rotatable bonds is 14. The fourth-order valence-electron chi connectivity index (χ4n) is 9.08. The Morgan fingerprint density at radius 1 is 1.03 bits per heavy atom. The van der Waals surface area contributed by atoms with Gasteiger partial charge in [0.2, 0.25) is 23.6 Å². The van der Waals surface area contributed by atoms with Gasteiger partial charge in [0, 0.05) is 62.5 Å². The number of aryl methyl sites for hydroxylation is 1. The van der Waals surface area contributed by atoms with Crippen LogP contribution in [0.15, 0.2) is 48.2 Å². The molecule has 0 spiro atoms. The number of β-amino-alcohol motifs (C(OH)–C–C–N with tert-alkyl or cyclic N) is 1. The molecule has 4 aliphatic heterocycles. The van der Waals surface area contributed by atoms with Gasteiger partial charge in [0.1, 0.15) is 17.8 Å². The number of amides is 4. The van der Waals surface area contributed by atoms with Crippen LogP contribution in [-0.4, -0.2) is 123 Å². The van der Waals surface area contributed by atoms with Crippen molar-refractivity contribution in [3.63, 3.8) is 0 Å². The number of pyridine rings is 1. The van der Waals surface area contributed by atoms with Crippen molar-refractivity contribution in [2.75, 3.05) is 32.8 Å². The summed E-state index contributed by atoms with van der Waals surface area (Å²) in [5, 5.41) is 17.1. The zero-order valence-electron chi connectivity index (χ0n) is 34.8. The van der Waals surface area contributed by atoms with Gasteiger partial charge >= 0.3 is 0 Å². The maximum Gasteiger partial charge on any atom is 0.245 e. The number of ether oxygens (including phenoxy) is 1. The molecule has 2 aromatic heterocycles. The Hall–Kier alpha value is -4.44. The monoisotopic (exact) mass is 828 g/mol. The van der Waals surface area contributed by atoms with E-state index >= 15 is 0 Å². The van der Waals surface area contributed by atoms with Gasteiger partial charge in [-0.15, -0.1) is 11.3 Å². The zero-order valence-corrected chi connectivity index (χ0v) is 35.6. The van der Waals surface area contributed by atoms with E-state index in [-0.39, 0.29) is 48.6 Å². The van der Waals surface area contributed by atoms with Gasteiger partial charge in [-0.25, -0.2) is 4.98 Å². The van der Waals surface area contributed by atoms with Crippen molar-refractivity contribution in [1.29, 1.82) is 0 Å². The smallest absolute Gasteiger partial charge is 0.245 e. The van der Waals surface area contributed by atoms with E-state index < -0.39 is 35.7 Å². The molecule has 0 saturated carbocycles. The Bertz CT molecular complexity index is 1960. The summed E-state index contributed by atoms with van der Waals surface area (Å²) in [7, 11) is 0. The zero-order chi connectivity index (χ0) is 41.8. The quantitative estimate of drug-likeness (QED) is 0.175. The molecule has 3 aromatic rings. The Morgan fingerprint density at radius 3 is 2.54 bits per heavy atom. The standard InChI is InChI=1S/C44H60N8O6S/c1-27-38(59-26-49-27)29-12-10-28(11-13-29)21-48-40(54)36-20-32(53)25-51(36)43(57)39(44(2,3)4)47-17-5-6-19-58-37-16-18-46-22-33(37)30-23-50(24-30)42(56)35-15-14-31-8-7-9-34(45)41(55)52(31)35/h10-13,16,18,22,26,30-32,34-36,39,47,53H,5-9,14-15,17,19-21,23-25,45H2,1-4H3,(H,48,54)/t31-,32+,34-,35-,36-,39+/m0/s1. The topological polar surface area (TPSA) is 183 Å². The van der Waals surface area contributed by atoms with Crippen LogP contribution in [0.1, 0.15) is 94.9 Å². The molecule has 7 rings (SSSR count). The molecule has 0 radical (unpaired) electrons. The summed E-state index contributed by atoms with van der Waals surface area (Å²) in [4.78, 5) is 69.1. The summed E-state index contributed by atoms with van der Waals surface area (Å²) in [6.07, 6.45) is 8.47. The molecule has 4 fully saturated rings. The van der Waals surface area contributed by atoms with Gasteiger partial charge in [-0.05, 0) is 81.0 Å². The van der Waals surface area contributed by atoms with Crippen LogP contribution in [0, 0.1) is 12.3 Å².